The lowest BCUT2D eigenvalue weighted by Crippen LogP contribution is -2.15. The van der Waals surface area contributed by atoms with Crippen molar-refractivity contribution < 1.29 is 9.53 Å². The minimum Gasteiger partial charge on any atom is -0.485 e. The normalized spacial score (nSPS) is 11.1. The molecule has 0 aliphatic heterocycles. The standard InChI is InChI=1S/C24H29ClN4O2S/c1-6-29-22(13-31-21-12-16(4)10-11-18(21)15(2)3)27-28-24(29)32-14-23(30)26-20-9-7-8-19(25)17(20)5/h7-12,15H,6,13-14H2,1-5H3,(H,26,30). The van der Waals surface area contributed by atoms with Gasteiger partial charge in [-0.1, -0.05) is 55.4 Å². The third-order valence-corrected chi connectivity index (χ3v) is 6.51. The summed E-state index contributed by atoms with van der Waals surface area (Å²) in [5.41, 5.74) is 3.88. The Morgan fingerprint density at radius 1 is 1.22 bits per heavy atom. The average Bonchev–Trinajstić information content (AvgIpc) is 3.15. The number of carbonyl (C=O) groups is 1. The lowest BCUT2D eigenvalue weighted by molar-refractivity contribution is -0.113. The largest absolute Gasteiger partial charge is 0.485 e. The van der Waals surface area contributed by atoms with Gasteiger partial charge in [-0.2, -0.15) is 0 Å². The molecule has 1 heterocycles. The van der Waals surface area contributed by atoms with Gasteiger partial charge in [0.15, 0.2) is 11.0 Å². The predicted molar refractivity (Wildman–Crippen MR) is 131 cm³/mol. The number of thioether (sulfide) groups is 1. The molecular formula is C24H29ClN4O2S. The molecule has 0 atom stereocenters. The number of anilines is 1. The molecule has 0 bridgehead atoms. The third kappa shape index (κ3) is 5.84. The zero-order valence-electron chi connectivity index (χ0n) is 19.1. The van der Waals surface area contributed by atoms with Gasteiger partial charge in [0.2, 0.25) is 5.91 Å². The summed E-state index contributed by atoms with van der Waals surface area (Å²) in [4.78, 5) is 12.4. The van der Waals surface area contributed by atoms with Crippen molar-refractivity contribution in [2.75, 3.05) is 11.1 Å². The molecule has 0 radical (unpaired) electrons. The highest BCUT2D eigenvalue weighted by atomic mass is 35.5. The molecule has 0 saturated carbocycles. The van der Waals surface area contributed by atoms with Crippen molar-refractivity contribution >= 4 is 35.0 Å². The molecule has 1 aromatic heterocycles. The molecule has 6 nitrogen and oxygen atoms in total. The highest BCUT2D eigenvalue weighted by Crippen LogP contribution is 2.28. The van der Waals surface area contributed by atoms with Gasteiger partial charge in [0.1, 0.15) is 12.4 Å². The van der Waals surface area contributed by atoms with Crippen molar-refractivity contribution in [3.8, 4) is 5.75 Å². The molecule has 0 saturated heterocycles. The number of nitrogens with one attached hydrogen (secondary N) is 1. The maximum Gasteiger partial charge on any atom is 0.234 e. The SMILES string of the molecule is CCn1c(COc2cc(C)ccc2C(C)C)nnc1SCC(=O)Nc1cccc(Cl)c1C. The first kappa shape index (κ1) is 24.1. The van der Waals surface area contributed by atoms with Crippen LogP contribution in [-0.4, -0.2) is 26.4 Å². The fourth-order valence-corrected chi connectivity index (χ4v) is 4.29. The monoisotopic (exact) mass is 472 g/mol. The first-order valence-corrected chi connectivity index (χ1v) is 12.0. The van der Waals surface area contributed by atoms with Gasteiger partial charge in [0, 0.05) is 17.3 Å². The number of benzene rings is 2. The molecular weight excluding hydrogens is 444 g/mol. The van der Waals surface area contributed by atoms with Gasteiger partial charge >= 0.3 is 0 Å². The van der Waals surface area contributed by atoms with Crippen molar-refractivity contribution in [3.05, 3.63) is 63.9 Å². The molecule has 3 aromatic rings. The zero-order chi connectivity index (χ0) is 23.3. The van der Waals surface area contributed by atoms with E-state index in [1.54, 1.807) is 6.07 Å². The summed E-state index contributed by atoms with van der Waals surface area (Å²) in [5.74, 6) is 2.07. The molecule has 8 heteroatoms. The quantitative estimate of drug-likeness (QED) is 0.386. The highest BCUT2D eigenvalue weighted by molar-refractivity contribution is 7.99. The summed E-state index contributed by atoms with van der Waals surface area (Å²) in [6.07, 6.45) is 0. The van der Waals surface area contributed by atoms with Crippen molar-refractivity contribution in [3.63, 3.8) is 0 Å². The molecule has 0 aliphatic rings. The van der Waals surface area contributed by atoms with E-state index in [-0.39, 0.29) is 11.7 Å². The second-order valence-corrected chi connectivity index (χ2v) is 9.23. The van der Waals surface area contributed by atoms with E-state index in [0.717, 1.165) is 22.7 Å². The lowest BCUT2D eigenvalue weighted by Gasteiger charge is -2.15. The van der Waals surface area contributed by atoms with Gasteiger partial charge in [-0.25, -0.2) is 0 Å². The van der Waals surface area contributed by atoms with E-state index in [1.165, 1.54) is 17.3 Å². The van der Waals surface area contributed by atoms with Crippen LogP contribution in [0.25, 0.3) is 0 Å². The number of amides is 1. The predicted octanol–water partition coefficient (Wildman–Crippen LogP) is 6.00. The summed E-state index contributed by atoms with van der Waals surface area (Å²) in [7, 11) is 0. The molecule has 1 amide bonds. The number of rotatable bonds is 9. The van der Waals surface area contributed by atoms with Gasteiger partial charge in [-0.15, -0.1) is 10.2 Å². The van der Waals surface area contributed by atoms with Crippen LogP contribution in [0.4, 0.5) is 5.69 Å². The molecule has 0 spiro atoms. The second-order valence-electron chi connectivity index (χ2n) is 7.88. The highest BCUT2D eigenvalue weighted by Gasteiger charge is 2.16. The van der Waals surface area contributed by atoms with Crippen molar-refractivity contribution in [2.45, 2.75) is 58.8 Å². The van der Waals surface area contributed by atoms with E-state index in [1.807, 2.05) is 30.5 Å². The summed E-state index contributed by atoms with van der Waals surface area (Å²) in [6, 6.07) is 11.7. The first-order valence-electron chi connectivity index (χ1n) is 10.6. The maximum absolute atomic E-state index is 12.4. The summed E-state index contributed by atoms with van der Waals surface area (Å²) in [5, 5.41) is 12.8. The Kier molecular flexibility index (Phi) is 8.21. The number of nitrogens with zero attached hydrogens (tertiary/aromatic N) is 3. The molecule has 1 N–H and O–H groups in total. The number of aromatic nitrogens is 3. The fourth-order valence-electron chi connectivity index (χ4n) is 3.30. The number of halogens is 1. The number of carbonyl (C=O) groups excluding carboxylic acids is 1. The van der Waals surface area contributed by atoms with E-state index in [0.29, 0.717) is 34.9 Å². The van der Waals surface area contributed by atoms with Crippen LogP contribution < -0.4 is 10.1 Å². The van der Waals surface area contributed by atoms with Crippen LogP contribution in [0.15, 0.2) is 41.6 Å². The number of aryl methyl sites for hydroxylation is 1. The van der Waals surface area contributed by atoms with E-state index in [4.69, 9.17) is 16.3 Å². The van der Waals surface area contributed by atoms with Crippen LogP contribution in [0.2, 0.25) is 5.02 Å². The summed E-state index contributed by atoms with van der Waals surface area (Å²) >= 11 is 7.48. The first-order chi connectivity index (χ1) is 15.3. The van der Waals surface area contributed by atoms with Gasteiger partial charge in [0.25, 0.3) is 0 Å². The Hall–Kier alpha value is -2.51. The number of hydrogen-bond acceptors (Lipinski definition) is 5. The van der Waals surface area contributed by atoms with Crippen LogP contribution in [0.1, 0.15) is 49.2 Å². The molecule has 0 unspecified atom stereocenters. The van der Waals surface area contributed by atoms with Crippen LogP contribution >= 0.6 is 23.4 Å². The molecule has 170 valence electrons. The van der Waals surface area contributed by atoms with Crippen LogP contribution in [0.5, 0.6) is 5.75 Å². The molecule has 2 aromatic carbocycles. The van der Waals surface area contributed by atoms with Gasteiger partial charge in [-0.05, 0) is 61.6 Å². The zero-order valence-corrected chi connectivity index (χ0v) is 20.7. The van der Waals surface area contributed by atoms with Crippen molar-refractivity contribution in [2.24, 2.45) is 0 Å². The van der Waals surface area contributed by atoms with Gasteiger partial charge in [-0.3, -0.25) is 4.79 Å². The molecule has 3 rings (SSSR count). The Balaban J connectivity index is 1.64. The topological polar surface area (TPSA) is 69.0 Å². The van der Waals surface area contributed by atoms with Crippen LogP contribution in [-0.2, 0) is 17.9 Å². The number of hydrogen-bond donors (Lipinski definition) is 1. The Bertz CT molecular complexity index is 1100. The van der Waals surface area contributed by atoms with Crippen LogP contribution in [0, 0.1) is 13.8 Å². The van der Waals surface area contributed by atoms with E-state index < -0.39 is 0 Å². The fraction of sp³-hybridized carbons (Fsp3) is 0.375. The lowest BCUT2D eigenvalue weighted by atomic mass is 10.0. The number of ether oxygens (including phenoxy) is 1. The molecule has 0 aliphatic carbocycles. The van der Waals surface area contributed by atoms with Crippen LogP contribution in [0.3, 0.4) is 0 Å². The van der Waals surface area contributed by atoms with E-state index in [9.17, 15) is 4.79 Å². The Morgan fingerprint density at radius 3 is 2.72 bits per heavy atom. The summed E-state index contributed by atoms with van der Waals surface area (Å²) in [6.45, 7) is 11.3. The minimum atomic E-state index is -0.120. The molecule has 0 fully saturated rings. The Labute approximate surface area is 198 Å². The maximum atomic E-state index is 12.4. The van der Waals surface area contributed by atoms with E-state index >= 15 is 0 Å². The Morgan fingerprint density at radius 2 is 2.00 bits per heavy atom. The minimum absolute atomic E-state index is 0.120. The van der Waals surface area contributed by atoms with Crippen molar-refractivity contribution in [1.82, 2.24) is 14.8 Å². The van der Waals surface area contributed by atoms with Crippen molar-refractivity contribution in [1.29, 1.82) is 0 Å². The molecule has 32 heavy (non-hydrogen) atoms. The van der Waals surface area contributed by atoms with Gasteiger partial charge in [0.05, 0.1) is 5.75 Å². The smallest absolute Gasteiger partial charge is 0.234 e. The average molecular weight is 473 g/mol. The third-order valence-electron chi connectivity index (χ3n) is 5.13. The summed E-state index contributed by atoms with van der Waals surface area (Å²) < 4.78 is 8.11. The van der Waals surface area contributed by atoms with Gasteiger partial charge < -0.3 is 14.6 Å². The second kappa shape index (κ2) is 10.9. The van der Waals surface area contributed by atoms with E-state index in [2.05, 4.69) is 54.5 Å².